The molecule has 0 spiro atoms. The second-order valence-corrected chi connectivity index (χ2v) is 7.02. The number of carbonyl (C=O) groups is 2. The van der Waals surface area contributed by atoms with Crippen molar-refractivity contribution in [1.29, 1.82) is 0 Å². The lowest BCUT2D eigenvalue weighted by Gasteiger charge is -2.18. The molecular weight excluding hydrogens is 364 g/mol. The number of nitrogens with one attached hydrogen (secondary N) is 1. The van der Waals surface area contributed by atoms with E-state index in [1.165, 1.54) is 7.11 Å². The van der Waals surface area contributed by atoms with Gasteiger partial charge in [-0.05, 0) is 46.5 Å². The largest absolute Gasteiger partial charge is 0.467 e. The van der Waals surface area contributed by atoms with Crippen LogP contribution in [0.2, 0.25) is 0 Å². The number of unbranched alkanes of at least 4 members (excludes halogenated alkanes) is 1. The number of hydrogen-bond donors (Lipinski definition) is 2. The van der Waals surface area contributed by atoms with E-state index < -0.39 is 12.0 Å². The number of nitrogens with two attached hydrogens (primary N) is 1. The standard InChI is InChI=1S/C24H26N2O3/c1-3-4-12-22(24(28)29-2)26-23(27)20-14-13-17(25)15-21(20)19-11-7-9-16-8-5-6-10-18(16)19/h5-11,13-15,22H,3-4,12,25H2,1-2H3,(H,26,27)/t22-/m1/s1. The molecule has 0 heterocycles. The Morgan fingerprint density at radius 1 is 1.03 bits per heavy atom. The Balaban J connectivity index is 2.02. The number of fused-ring (bicyclic) bond motifs is 1. The van der Waals surface area contributed by atoms with E-state index in [0.29, 0.717) is 17.7 Å². The number of amides is 1. The summed E-state index contributed by atoms with van der Waals surface area (Å²) in [4.78, 5) is 25.2. The number of ether oxygens (including phenoxy) is 1. The second kappa shape index (κ2) is 9.24. The van der Waals surface area contributed by atoms with Gasteiger partial charge in [0.2, 0.25) is 0 Å². The van der Waals surface area contributed by atoms with E-state index in [9.17, 15) is 9.59 Å². The zero-order valence-corrected chi connectivity index (χ0v) is 16.8. The van der Waals surface area contributed by atoms with Crippen LogP contribution in [0, 0.1) is 0 Å². The molecule has 0 aliphatic heterocycles. The predicted molar refractivity (Wildman–Crippen MR) is 117 cm³/mol. The molecule has 1 amide bonds. The van der Waals surface area contributed by atoms with Gasteiger partial charge in [-0.25, -0.2) is 4.79 Å². The molecule has 0 saturated heterocycles. The second-order valence-electron chi connectivity index (χ2n) is 7.02. The van der Waals surface area contributed by atoms with Gasteiger partial charge in [-0.15, -0.1) is 0 Å². The Labute approximate surface area is 170 Å². The van der Waals surface area contributed by atoms with Crippen LogP contribution < -0.4 is 11.1 Å². The molecule has 5 heteroatoms. The number of benzene rings is 3. The van der Waals surface area contributed by atoms with Crippen LogP contribution in [0.3, 0.4) is 0 Å². The first kappa shape index (κ1) is 20.4. The molecule has 0 unspecified atom stereocenters. The van der Waals surface area contributed by atoms with Crippen LogP contribution in [0.5, 0.6) is 0 Å². The molecule has 0 aliphatic rings. The third kappa shape index (κ3) is 4.57. The van der Waals surface area contributed by atoms with Crippen molar-refractivity contribution in [1.82, 2.24) is 5.32 Å². The van der Waals surface area contributed by atoms with Crippen LogP contribution in [0.1, 0.15) is 36.5 Å². The summed E-state index contributed by atoms with van der Waals surface area (Å²) in [6.45, 7) is 2.04. The highest BCUT2D eigenvalue weighted by molar-refractivity contribution is 6.07. The minimum Gasteiger partial charge on any atom is -0.467 e. The van der Waals surface area contributed by atoms with Crippen molar-refractivity contribution in [3.05, 3.63) is 66.2 Å². The number of carbonyl (C=O) groups excluding carboxylic acids is 2. The molecule has 0 radical (unpaired) electrons. The average Bonchev–Trinajstić information content (AvgIpc) is 2.75. The number of nitrogen functional groups attached to an aromatic ring is 1. The molecule has 0 aromatic heterocycles. The lowest BCUT2D eigenvalue weighted by Crippen LogP contribution is -2.41. The van der Waals surface area contributed by atoms with Crippen LogP contribution in [-0.2, 0) is 9.53 Å². The van der Waals surface area contributed by atoms with Gasteiger partial charge >= 0.3 is 5.97 Å². The minimum absolute atomic E-state index is 0.320. The Hall–Kier alpha value is -3.34. The fourth-order valence-electron chi connectivity index (χ4n) is 3.48. The molecule has 3 rings (SSSR count). The highest BCUT2D eigenvalue weighted by Crippen LogP contribution is 2.32. The first-order valence-corrected chi connectivity index (χ1v) is 9.81. The molecule has 0 aliphatic carbocycles. The van der Waals surface area contributed by atoms with Crippen molar-refractivity contribution >= 4 is 28.3 Å². The number of rotatable bonds is 7. The summed E-state index contributed by atoms with van der Waals surface area (Å²) in [7, 11) is 1.33. The molecule has 5 nitrogen and oxygen atoms in total. The van der Waals surface area contributed by atoms with E-state index in [4.69, 9.17) is 10.5 Å². The molecule has 3 aromatic rings. The van der Waals surface area contributed by atoms with Gasteiger partial charge in [-0.3, -0.25) is 4.79 Å². The molecule has 0 fully saturated rings. The first-order valence-electron chi connectivity index (χ1n) is 9.81. The Kier molecular flexibility index (Phi) is 6.50. The molecule has 1 atom stereocenters. The summed E-state index contributed by atoms with van der Waals surface area (Å²) >= 11 is 0. The van der Waals surface area contributed by atoms with E-state index >= 15 is 0 Å². The molecule has 0 saturated carbocycles. The first-order chi connectivity index (χ1) is 14.0. The number of methoxy groups -OCH3 is 1. The zero-order valence-electron chi connectivity index (χ0n) is 16.8. The zero-order chi connectivity index (χ0) is 20.8. The molecule has 150 valence electrons. The van der Waals surface area contributed by atoms with Crippen LogP contribution in [0.25, 0.3) is 21.9 Å². The summed E-state index contributed by atoms with van der Waals surface area (Å²) in [5.41, 5.74) is 8.74. The quantitative estimate of drug-likeness (QED) is 0.458. The molecule has 29 heavy (non-hydrogen) atoms. The van der Waals surface area contributed by atoms with E-state index in [-0.39, 0.29) is 5.91 Å². The predicted octanol–water partition coefficient (Wildman–Crippen LogP) is 4.55. The lowest BCUT2D eigenvalue weighted by molar-refractivity contribution is -0.143. The van der Waals surface area contributed by atoms with Crippen molar-refractivity contribution < 1.29 is 14.3 Å². The molecule has 3 N–H and O–H groups in total. The monoisotopic (exact) mass is 390 g/mol. The van der Waals surface area contributed by atoms with E-state index in [2.05, 4.69) is 5.32 Å². The molecule has 3 aromatic carbocycles. The van der Waals surface area contributed by atoms with E-state index in [1.54, 1.807) is 18.2 Å². The third-order valence-corrected chi connectivity index (χ3v) is 5.01. The van der Waals surface area contributed by atoms with E-state index in [0.717, 1.165) is 34.7 Å². The number of esters is 1. The molecular formula is C24H26N2O3. The van der Waals surface area contributed by atoms with Crippen LogP contribution >= 0.6 is 0 Å². The summed E-state index contributed by atoms with van der Waals surface area (Å²) in [6.07, 6.45) is 2.28. The number of anilines is 1. The maximum Gasteiger partial charge on any atom is 0.328 e. The van der Waals surface area contributed by atoms with Crippen LogP contribution in [0.15, 0.2) is 60.7 Å². The smallest absolute Gasteiger partial charge is 0.328 e. The van der Waals surface area contributed by atoms with Crippen molar-refractivity contribution in [2.45, 2.75) is 32.2 Å². The highest BCUT2D eigenvalue weighted by atomic mass is 16.5. The van der Waals surface area contributed by atoms with Crippen LogP contribution in [-0.4, -0.2) is 25.0 Å². The molecule has 0 bridgehead atoms. The van der Waals surface area contributed by atoms with Gasteiger partial charge in [0, 0.05) is 11.3 Å². The van der Waals surface area contributed by atoms with Crippen molar-refractivity contribution in [2.75, 3.05) is 12.8 Å². The Bertz CT molecular complexity index is 1020. The maximum absolute atomic E-state index is 13.1. The van der Waals surface area contributed by atoms with Gasteiger partial charge in [0.15, 0.2) is 0 Å². The average molecular weight is 390 g/mol. The Morgan fingerprint density at radius 2 is 1.79 bits per heavy atom. The van der Waals surface area contributed by atoms with Gasteiger partial charge in [-0.1, -0.05) is 62.2 Å². The maximum atomic E-state index is 13.1. The highest BCUT2D eigenvalue weighted by Gasteiger charge is 2.23. The SMILES string of the molecule is CCCC[C@@H](NC(=O)c1ccc(N)cc1-c1cccc2ccccc12)C(=O)OC. The summed E-state index contributed by atoms with van der Waals surface area (Å²) in [5.74, 6) is -0.756. The Morgan fingerprint density at radius 3 is 2.55 bits per heavy atom. The van der Waals surface area contributed by atoms with E-state index in [1.807, 2.05) is 49.4 Å². The van der Waals surface area contributed by atoms with Crippen molar-refractivity contribution in [3.63, 3.8) is 0 Å². The lowest BCUT2D eigenvalue weighted by atomic mass is 9.93. The topological polar surface area (TPSA) is 81.4 Å². The fraction of sp³-hybridized carbons (Fsp3) is 0.250. The summed E-state index contributed by atoms with van der Waals surface area (Å²) in [5, 5.41) is 4.95. The minimum atomic E-state index is -0.676. The van der Waals surface area contributed by atoms with Gasteiger partial charge in [-0.2, -0.15) is 0 Å². The third-order valence-electron chi connectivity index (χ3n) is 5.01. The van der Waals surface area contributed by atoms with Crippen LogP contribution in [0.4, 0.5) is 5.69 Å². The van der Waals surface area contributed by atoms with Gasteiger partial charge < -0.3 is 15.8 Å². The van der Waals surface area contributed by atoms with Crippen molar-refractivity contribution in [3.8, 4) is 11.1 Å². The normalized spacial score (nSPS) is 11.8. The van der Waals surface area contributed by atoms with Gasteiger partial charge in [0.25, 0.3) is 5.91 Å². The summed E-state index contributed by atoms with van der Waals surface area (Å²) < 4.78 is 4.86. The fourth-order valence-corrected chi connectivity index (χ4v) is 3.48. The summed E-state index contributed by atoms with van der Waals surface area (Å²) in [6, 6.07) is 18.5. The van der Waals surface area contributed by atoms with Gasteiger partial charge in [0.1, 0.15) is 6.04 Å². The number of hydrogen-bond acceptors (Lipinski definition) is 4. The van der Waals surface area contributed by atoms with Gasteiger partial charge in [0.05, 0.1) is 7.11 Å². The van der Waals surface area contributed by atoms with Crippen molar-refractivity contribution in [2.24, 2.45) is 0 Å².